The maximum Gasteiger partial charge on any atom is 0.330 e. The van der Waals surface area contributed by atoms with Crippen molar-refractivity contribution in [3.8, 4) is 0 Å². The minimum Gasteiger partial charge on any atom is -0.459 e. The van der Waals surface area contributed by atoms with Gasteiger partial charge in [-0.3, -0.25) is 0 Å². The number of hydrogen-bond donors (Lipinski definition) is 0. The van der Waals surface area contributed by atoms with E-state index in [2.05, 4.69) is 18.7 Å². The zero-order chi connectivity index (χ0) is 10.4. The van der Waals surface area contributed by atoms with Gasteiger partial charge in [0.15, 0.2) is 0 Å². The van der Waals surface area contributed by atoms with Crippen LogP contribution in [0.3, 0.4) is 0 Å². The van der Waals surface area contributed by atoms with Crippen LogP contribution in [0.25, 0.3) is 0 Å². The van der Waals surface area contributed by atoms with E-state index in [0.717, 1.165) is 24.2 Å². The number of allylic oxidation sites excluding steroid dienone is 2. The molecule has 0 N–H and O–H groups in total. The molecule has 3 aliphatic rings. The van der Waals surface area contributed by atoms with Crippen molar-refractivity contribution in [2.75, 3.05) is 0 Å². The molecule has 2 heteroatoms. The van der Waals surface area contributed by atoms with E-state index in [0.29, 0.717) is 5.92 Å². The van der Waals surface area contributed by atoms with Crippen LogP contribution in [-0.2, 0) is 9.53 Å². The Labute approximate surface area is 90.0 Å². The van der Waals surface area contributed by atoms with Gasteiger partial charge in [-0.05, 0) is 42.9 Å². The van der Waals surface area contributed by atoms with E-state index in [1.54, 1.807) is 0 Å². The summed E-state index contributed by atoms with van der Waals surface area (Å²) in [5, 5.41) is 0. The lowest BCUT2D eigenvalue weighted by molar-refractivity contribution is -0.146. The predicted molar refractivity (Wildman–Crippen MR) is 57.0 cm³/mol. The lowest BCUT2D eigenvalue weighted by atomic mass is 9.80. The molecule has 2 saturated carbocycles. The van der Waals surface area contributed by atoms with Gasteiger partial charge in [0, 0.05) is 6.08 Å². The summed E-state index contributed by atoms with van der Waals surface area (Å²) in [7, 11) is 0. The molecule has 80 valence electrons. The Morgan fingerprint density at radius 3 is 3.07 bits per heavy atom. The first kappa shape index (κ1) is 9.20. The van der Waals surface area contributed by atoms with Crippen LogP contribution < -0.4 is 0 Å². The van der Waals surface area contributed by atoms with Crippen LogP contribution in [0, 0.1) is 23.7 Å². The molecule has 0 aliphatic heterocycles. The number of ether oxygens (including phenoxy) is 1. The quantitative estimate of drug-likeness (QED) is 0.392. The SMILES string of the molecule is C=CC(=O)OC1C[C@@H]2C[C@H]1[C@@H]1CC=C[C@H]21. The lowest BCUT2D eigenvalue weighted by Crippen LogP contribution is -2.31. The Hall–Kier alpha value is -1.05. The minimum absolute atomic E-state index is 0.168. The monoisotopic (exact) mass is 204 g/mol. The summed E-state index contributed by atoms with van der Waals surface area (Å²) in [6, 6.07) is 0. The van der Waals surface area contributed by atoms with Crippen LogP contribution in [0.4, 0.5) is 0 Å². The Morgan fingerprint density at radius 1 is 1.40 bits per heavy atom. The summed E-state index contributed by atoms with van der Waals surface area (Å²) in [6.45, 7) is 3.44. The zero-order valence-electron chi connectivity index (χ0n) is 8.76. The van der Waals surface area contributed by atoms with Crippen molar-refractivity contribution < 1.29 is 9.53 Å². The summed E-state index contributed by atoms with van der Waals surface area (Å²) >= 11 is 0. The highest BCUT2D eigenvalue weighted by molar-refractivity contribution is 5.81. The number of esters is 1. The second kappa shape index (κ2) is 3.22. The molecule has 0 amide bonds. The van der Waals surface area contributed by atoms with Crippen molar-refractivity contribution in [2.45, 2.75) is 25.4 Å². The van der Waals surface area contributed by atoms with Crippen molar-refractivity contribution in [3.05, 3.63) is 24.8 Å². The highest BCUT2D eigenvalue weighted by Crippen LogP contribution is 2.57. The molecule has 0 spiro atoms. The van der Waals surface area contributed by atoms with Gasteiger partial charge in [-0.2, -0.15) is 0 Å². The molecule has 0 aromatic rings. The average molecular weight is 204 g/mol. The summed E-state index contributed by atoms with van der Waals surface area (Å²) in [5.41, 5.74) is 0. The first-order valence-electron chi connectivity index (χ1n) is 5.79. The summed E-state index contributed by atoms with van der Waals surface area (Å²) in [5.74, 6) is 2.66. The summed E-state index contributed by atoms with van der Waals surface area (Å²) in [4.78, 5) is 11.2. The van der Waals surface area contributed by atoms with Crippen molar-refractivity contribution in [1.29, 1.82) is 0 Å². The van der Waals surface area contributed by atoms with Gasteiger partial charge in [-0.1, -0.05) is 18.7 Å². The van der Waals surface area contributed by atoms with E-state index in [4.69, 9.17) is 4.74 Å². The van der Waals surface area contributed by atoms with E-state index < -0.39 is 0 Å². The molecule has 0 radical (unpaired) electrons. The van der Waals surface area contributed by atoms with Gasteiger partial charge in [0.1, 0.15) is 6.10 Å². The second-order valence-electron chi connectivity index (χ2n) is 4.98. The molecule has 2 bridgehead atoms. The van der Waals surface area contributed by atoms with E-state index in [9.17, 15) is 4.79 Å². The fourth-order valence-electron chi connectivity index (χ4n) is 3.83. The normalized spacial score (nSPS) is 45.5. The smallest absolute Gasteiger partial charge is 0.330 e. The van der Waals surface area contributed by atoms with Crippen LogP contribution in [0.5, 0.6) is 0 Å². The third kappa shape index (κ3) is 1.27. The topological polar surface area (TPSA) is 26.3 Å². The lowest BCUT2D eigenvalue weighted by Gasteiger charge is -2.30. The predicted octanol–water partition coefficient (Wildman–Crippen LogP) is 2.32. The minimum atomic E-state index is -0.255. The van der Waals surface area contributed by atoms with Gasteiger partial charge in [0.25, 0.3) is 0 Å². The Bertz CT molecular complexity index is 331. The van der Waals surface area contributed by atoms with E-state index in [1.807, 2.05) is 0 Å². The molecule has 3 aliphatic carbocycles. The molecule has 3 rings (SSSR count). The fourth-order valence-corrected chi connectivity index (χ4v) is 3.83. The van der Waals surface area contributed by atoms with Crippen LogP contribution >= 0.6 is 0 Å². The number of carbonyl (C=O) groups is 1. The number of rotatable bonds is 2. The number of hydrogen-bond acceptors (Lipinski definition) is 2. The van der Waals surface area contributed by atoms with Gasteiger partial charge in [-0.25, -0.2) is 4.79 Å². The fraction of sp³-hybridized carbons (Fsp3) is 0.615. The van der Waals surface area contributed by atoms with Crippen molar-refractivity contribution in [1.82, 2.24) is 0 Å². The van der Waals surface area contributed by atoms with E-state index >= 15 is 0 Å². The highest BCUT2D eigenvalue weighted by Gasteiger charge is 2.53. The second-order valence-corrected chi connectivity index (χ2v) is 4.98. The zero-order valence-corrected chi connectivity index (χ0v) is 8.76. The maximum absolute atomic E-state index is 11.2. The van der Waals surface area contributed by atoms with Crippen LogP contribution in [0.15, 0.2) is 24.8 Å². The molecule has 5 atom stereocenters. The molecule has 2 fully saturated rings. The number of fused-ring (bicyclic) bond motifs is 5. The van der Waals surface area contributed by atoms with Crippen molar-refractivity contribution in [2.24, 2.45) is 23.7 Å². The highest BCUT2D eigenvalue weighted by atomic mass is 16.5. The van der Waals surface area contributed by atoms with Gasteiger partial charge in [0.2, 0.25) is 0 Å². The van der Waals surface area contributed by atoms with E-state index in [1.165, 1.54) is 18.9 Å². The van der Waals surface area contributed by atoms with Crippen molar-refractivity contribution >= 4 is 5.97 Å². The van der Waals surface area contributed by atoms with E-state index in [-0.39, 0.29) is 12.1 Å². The molecule has 1 unspecified atom stereocenters. The first-order chi connectivity index (χ1) is 7.29. The molecular weight excluding hydrogens is 188 g/mol. The van der Waals surface area contributed by atoms with Crippen LogP contribution in [-0.4, -0.2) is 12.1 Å². The molecular formula is C13H16O2. The standard InChI is InChI=1S/C13H16O2/c1-2-13(14)15-12-7-8-6-11(12)10-5-3-4-9(8)10/h2-4,8-12H,1,5-7H2/t8-,9+,10+,11-,12?/m0/s1. The molecule has 0 aromatic heterocycles. The van der Waals surface area contributed by atoms with Crippen LogP contribution in [0.2, 0.25) is 0 Å². The van der Waals surface area contributed by atoms with Crippen LogP contribution in [0.1, 0.15) is 19.3 Å². The molecule has 0 aromatic carbocycles. The maximum atomic E-state index is 11.2. The number of carbonyl (C=O) groups excluding carboxylic acids is 1. The molecule has 0 heterocycles. The molecule has 15 heavy (non-hydrogen) atoms. The molecule has 0 saturated heterocycles. The van der Waals surface area contributed by atoms with Gasteiger partial charge >= 0.3 is 5.97 Å². The molecule has 2 nitrogen and oxygen atoms in total. The average Bonchev–Trinajstić information content (AvgIpc) is 2.87. The van der Waals surface area contributed by atoms with Gasteiger partial charge < -0.3 is 4.74 Å². The van der Waals surface area contributed by atoms with Crippen molar-refractivity contribution in [3.63, 3.8) is 0 Å². The third-order valence-corrected chi connectivity index (χ3v) is 4.38. The Balaban J connectivity index is 1.71. The van der Waals surface area contributed by atoms with Gasteiger partial charge in [-0.15, -0.1) is 0 Å². The summed E-state index contributed by atoms with van der Waals surface area (Å²) in [6.07, 6.45) is 9.63. The Kier molecular flexibility index (Phi) is 1.98. The first-order valence-corrected chi connectivity index (χ1v) is 5.79. The van der Waals surface area contributed by atoms with Gasteiger partial charge in [0.05, 0.1) is 0 Å². The summed E-state index contributed by atoms with van der Waals surface area (Å²) < 4.78 is 5.42. The largest absolute Gasteiger partial charge is 0.459 e. The Morgan fingerprint density at radius 2 is 2.27 bits per heavy atom. The third-order valence-electron chi connectivity index (χ3n) is 4.38.